The average Bonchev–Trinajstić information content (AvgIpc) is 2.19. The summed E-state index contributed by atoms with van der Waals surface area (Å²) in [6.45, 7) is 5.39. The maximum atomic E-state index is 5.33. The Balaban J connectivity index is 2.49. The van der Waals surface area contributed by atoms with Crippen LogP contribution in [0.25, 0.3) is 0 Å². The van der Waals surface area contributed by atoms with E-state index in [-0.39, 0.29) is 0 Å². The van der Waals surface area contributed by atoms with E-state index in [1.165, 1.54) is 10.5 Å². The van der Waals surface area contributed by atoms with Gasteiger partial charge in [0, 0.05) is 16.7 Å². The number of thioether (sulfide) groups is 1. The van der Waals surface area contributed by atoms with Crippen molar-refractivity contribution in [1.29, 1.82) is 0 Å². The highest BCUT2D eigenvalue weighted by Gasteiger charge is 2.20. The van der Waals surface area contributed by atoms with Gasteiger partial charge in [0.2, 0.25) is 0 Å². The van der Waals surface area contributed by atoms with Crippen molar-refractivity contribution in [3.05, 3.63) is 17.7 Å². The average molecular weight is 209 g/mol. The molecule has 2 nitrogen and oxygen atoms in total. The predicted molar refractivity (Wildman–Crippen MR) is 61.5 cm³/mol. The predicted octanol–water partition coefficient (Wildman–Crippen LogP) is 2.91. The van der Waals surface area contributed by atoms with Gasteiger partial charge < -0.3 is 10.1 Å². The minimum absolute atomic E-state index is 0.633. The summed E-state index contributed by atoms with van der Waals surface area (Å²) >= 11 is 1.93. The minimum atomic E-state index is 0.633. The van der Waals surface area contributed by atoms with E-state index in [0.717, 1.165) is 18.0 Å². The van der Waals surface area contributed by atoms with Crippen LogP contribution in [0.5, 0.6) is 5.75 Å². The molecule has 0 amide bonds. The van der Waals surface area contributed by atoms with Gasteiger partial charge in [-0.3, -0.25) is 0 Å². The van der Waals surface area contributed by atoms with Crippen LogP contribution in [0, 0.1) is 6.92 Å². The van der Waals surface area contributed by atoms with Crippen molar-refractivity contribution in [2.24, 2.45) is 0 Å². The number of fused-ring (bicyclic) bond motifs is 1. The molecule has 0 aliphatic carbocycles. The first kappa shape index (κ1) is 9.71. The highest BCUT2D eigenvalue weighted by molar-refractivity contribution is 8.00. The van der Waals surface area contributed by atoms with Crippen LogP contribution in [-0.4, -0.2) is 18.9 Å². The normalized spacial score (nSPS) is 19.8. The molecule has 0 radical (unpaired) electrons. The number of hydrogen-bond donors (Lipinski definition) is 1. The zero-order valence-corrected chi connectivity index (χ0v) is 9.57. The monoisotopic (exact) mass is 209 g/mol. The molecule has 14 heavy (non-hydrogen) atoms. The second-order valence-corrected chi connectivity index (χ2v) is 5.05. The summed E-state index contributed by atoms with van der Waals surface area (Å²) in [5, 5.41) is 4.06. The fourth-order valence-corrected chi connectivity index (χ4v) is 2.76. The zero-order chi connectivity index (χ0) is 10.1. The molecule has 1 aliphatic rings. The van der Waals surface area contributed by atoms with Crippen molar-refractivity contribution in [2.75, 3.05) is 19.0 Å². The van der Waals surface area contributed by atoms with Crippen LogP contribution in [0.15, 0.2) is 17.0 Å². The van der Waals surface area contributed by atoms with E-state index in [0.29, 0.717) is 5.25 Å². The molecule has 0 saturated carbocycles. The van der Waals surface area contributed by atoms with Gasteiger partial charge in [0.25, 0.3) is 0 Å². The maximum Gasteiger partial charge on any atom is 0.143 e. The van der Waals surface area contributed by atoms with E-state index < -0.39 is 0 Å². The fourth-order valence-electron chi connectivity index (χ4n) is 1.65. The summed E-state index contributed by atoms with van der Waals surface area (Å²) in [5.74, 6) is 0.949. The molecule has 1 heterocycles. The number of anilines is 1. The summed E-state index contributed by atoms with van der Waals surface area (Å²) < 4.78 is 5.33. The Bertz CT molecular complexity index is 351. The number of nitrogens with one attached hydrogen (secondary N) is 1. The maximum absolute atomic E-state index is 5.33. The van der Waals surface area contributed by atoms with Gasteiger partial charge in [-0.05, 0) is 18.6 Å². The van der Waals surface area contributed by atoms with Crippen LogP contribution < -0.4 is 10.1 Å². The molecule has 0 fully saturated rings. The molecule has 0 bridgehead atoms. The number of benzene rings is 1. The Kier molecular flexibility index (Phi) is 2.59. The molecule has 0 spiro atoms. The van der Waals surface area contributed by atoms with Gasteiger partial charge in [-0.25, -0.2) is 0 Å². The van der Waals surface area contributed by atoms with Crippen molar-refractivity contribution in [1.82, 2.24) is 0 Å². The van der Waals surface area contributed by atoms with E-state index in [1.807, 2.05) is 17.8 Å². The van der Waals surface area contributed by atoms with E-state index in [9.17, 15) is 0 Å². The molecule has 1 atom stereocenters. The molecule has 0 aromatic heterocycles. The summed E-state index contributed by atoms with van der Waals surface area (Å²) in [7, 11) is 1.72. The lowest BCUT2D eigenvalue weighted by Crippen LogP contribution is -2.19. The van der Waals surface area contributed by atoms with Crippen LogP contribution in [-0.2, 0) is 0 Å². The first-order chi connectivity index (χ1) is 6.72. The third kappa shape index (κ3) is 1.57. The zero-order valence-electron chi connectivity index (χ0n) is 8.76. The Hall–Kier alpha value is -0.830. The third-order valence-electron chi connectivity index (χ3n) is 2.42. The van der Waals surface area contributed by atoms with Crippen LogP contribution in [0.4, 0.5) is 5.69 Å². The topological polar surface area (TPSA) is 21.3 Å². The van der Waals surface area contributed by atoms with Crippen molar-refractivity contribution >= 4 is 17.4 Å². The largest absolute Gasteiger partial charge is 0.495 e. The second-order valence-electron chi connectivity index (χ2n) is 3.60. The van der Waals surface area contributed by atoms with Crippen LogP contribution in [0.1, 0.15) is 12.5 Å². The Morgan fingerprint density at radius 3 is 3.00 bits per heavy atom. The number of methoxy groups -OCH3 is 1. The first-order valence-corrected chi connectivity index (χ1v) is 5.68. The minimum Gasteiger partial charge on any atom is -0.495 e. The van der Waals surface area contributed by atoms with Crippen molar-refractivity contribution < 1.29 is 4.74 Å². The second kappa shape index (κ2) is 3.73. The van der Waals surface area contributed by atoms with E-state index >= 15 is 0 Å². The smallest absolute Gasteiger partial charge is 0.143 e. The number of hydrogen-bond acceptors (Lipinski definition) is 3. The third-order valence-corrected chi connectivity index (χ3v) is 3.75. The Morgan fingerprint density at radius 1 is 1.50 bits per heavy atom. The molecule has 1 unspecified atom stereocenters. The van der Waals surface area contributed by atoms with Gasteiger partial charge in [-0.1, -0.05) is 13.0 Å². The van der Waals surface area contributed by atoms with Crippen LogP contribution in [0.3, 0.4) is 0 Å². The SMILES string of the molecule is COc1ccc(C)c2c1NCC(C)S2. The van der Waals surface area contributed by atoms with Gasteiger partial charge in [0.1, 0.15) is 5.75 Å². The molecular weight excluding hydrogens is 194 g/mol. The summed E-state index contributed by atoms with van der Waals surface area (Å²) in [6, 6.07) is 4.14. The molecule has 0 saturated heterocycles. The number of ether oxygens (including phenoxy) is 1. The van der Waals surface area contributed by atoms with Crippen molar-refractivity contribution in [3.8, 4) is 5.75 Å². The molecule has 76 valence electrons. The number of rotatable bonds is 1. The first-order valence-electron chi connectivity index (χ1n) is 4.80. The van der Waals surface area contributed by atoms with Gasteiger partial charge in [-0.15, -0.1) is 11.8 Å². The van der Waals surface area contributed by atoms with Gasteiger partial charge in [-0.2, -0.15) is 0 Å². The Morgan fingerprint density at radius 2 is 2.29 bits per heavy atom. The van der Waals surface area contributed by atoms with Crippen LogP contribution >= 0.6 is 11.8 Å². The van der Waals surface area contributed by atoms with Gasteiger partial charge in [0.15, 0.2) is 0 Å². The van der Waals surface area contributed by atoms with Crippen molar-refractivity contribution in [2.45, 2.75) is 24.0 Å². The Labute approximate surface area is 89.0 Å². The highest BCUT2D eigenvalue weighted by atomic mass is 32.2. The lowest BCUT2D eigenvalue weighted by atomic mass is 10.2. The molecule has 3 heteroatoms. The van der Waals surface area contributed by atoms with Gasteiger partial charge >= 0.3 is 0 Å². The fraction of sp³-hybridized carbons (Fsp3) is 0.455. The lowest BCUT2D eigenvalue weighted by molar-refractivity contribution is 0.415. The standard InChI is InChI=1S/C11H15NOS/c1-7-4-5-9(13-3)10-11(7)14-8(2)6-12-10/h4-5,8,12H,6H2,1-3H3. The van der Waals surface area contributed by atoms with E-state index in [1.54, 1.807) is 7.11 Å². The molecule has 1 aromatic carbocycles. The number of aryl methyl sites for hydroxylation is 1. The lowest BCUT2D eigenvalue weighted by Gasteiger charge is -2.25. The van der Waals surface area contributed by atoms with Gasteiger partial charge in [0.05, 0.1) is 12.8 Å². The quantitative estimate of drug-likeness (QED) is 0.768. The van der Waals surface area contributed by atoms with E-state index in [4.69, 9.17) is 4.74 Å². The van der Waals surface area contributed by atoms with Crippen molar-refractivity contribution in [3.63, 3.8) is 0 Å². The summed E-state index contributed by atoms with van der Waals surface area (Å²) in [4.78, 5) is 1.34. The summed E-state index contributed by atoms with van der Waals surface area (Å²) in [6.07, 6.45) is 0. The molecule has 1 aromatic rings. The molecule has 1 N–H and O–H groups in total. The highest BCUT2D eigenvalue weighted by Crippen LogP contribution is 2.42. The van der Waals surface area contributed by atoms with E-state index in [2.05, 4.69) is 25.2 Å². The summed E-state index contributed by atoms with van der Waals surface area (Å²) in [5.41, 5.74) is 2.49. The molecule has 1 aliphatic heterocycles. The molecule has 2 rings (SSSR count). The van der Waals surface area contributed by atoms with Crippen LogP contribution in [0.2, 0.25) is 0 Å². The molecular formula is C11H15NOS.